The number of nitrogens with zero attached hydrogens (tertiary/aromatic N) is 4. The van der Waals surface area contributed by atoms with Crippen LogP contribution in [0.2, 0.25) is 0 Å². The molecule has 8 heteroatoms. The molecule has 2 aromatic carbocycles. The van der Waals surface area contributed by atoms with Crippen LogP contribution in [-0.4, -0.2) is 58.8 Å². The Bertz CT molecular complexity index is 1100. The minimum absolute atomic E-state index is 0.0554. The normalized spacial score (nSPS) is 17.1. The molecular weight excluding hydrogens is 408 g/mol. The average molecular weight is 434 g/mol. The highest BCUT2D eigenvalue weighted by atomic mass is 16.6. The summed E-state index contributed by atoms with van der Waals surface area (Å²) in [6, 6.07) is 13.9. The maximum Gasteiger partial charge on any atom is 0.278 e. The fraction of sp³-hybridized carbons (Fsp3) is 0.333. The van der Waals surface area contributed by atoms with Gasteiger partial charge in [-0.3, -0.25) is 24.6 Å². The van der Waals surface area contributed by atoms with Gasteiger partial charge in [-0.25, -0.2) is 0 Å². The predicted octanol–water partition coefficient (Wildman–Crippen LogP) is 3.21. The first-order chi connectivity index (χ1) is 15.3. The number of hydrogen-bond acceptors (Lipinski definition) is 6. The summed E-state index contributed by atoms with van der Waals surface area (Å²) in [5, 5.41) is 11.0. The number of non-ortho nitro benzene ring substituents is 1. The Hall–Kier alpha value is -3.68. The quantitative estimate of drug-likeness (QED) is 0.408. The molecule has 0 saturated carbocycles. The highest BCUT2D eigenvalue weighted by molar-refractivity contribution is 6.35. The molecule has 0 aliphatic carbocycles. The van der Waals surface area contributed by atoms with E-state index in [1.54, 1.807) is 12.1 Å². The van der Waals surface area contributed by atoms with E-state index in [1.165, 1.54) is 22.6 Å². The third-order valence-electron chi connectivity index (χ3n) is 5.94. The summed E-state index contributed by atoms with van der Waals surface area (Å²) in [5.74, 6) is -0.655. The van der Waals surface area contributed by atoms with Crippen molar-refractivity contribution >= 4 is 28.8 Å². The maximum atomic E-state index is 13.3. The average Bonchev–Trinajstić information content (AvgIpc) is 3.04. The Morgan fingerprint density at radius 3 is 2.09 bits per heavy atom. The third-order valence-corrected chi connectivity index (χ3v) is 5.94. The van der Waals surface area contributed by atoms with Crippen LogP contribution in [0.1, 0.15) is 25.0 Å². The SMILES string of the molecule is Cc1cccc(N2CCN(C3=C(c4ccc([N+](=O)[O-])cc4)C(=O)N(C(C)C)C3=O)CC2)c1. The lowest BCUT2D eigenvalue weighted by atomic mass is 10.0. The van der Waals surface area contributed by atoms with Crippen molar-refractivity contribution in [1.82, 2.24) is 9.80 Å². The van der Waals surface area contributed by atoms with E-state index in [1.807, 2.05) is 24.8 Å². The minimum Gasteiger partial charge on any atom is -0.368 e. The van der Waals surface area contributed by atoms with Crippen LogP contribution >= 0.6 is 0 Å². The van der Waals surface area contributed by atoms with Crippen molar-refractivity contribution in [2.24, 2.45) is 0 Å². The molecule has 2 heterocycles. The Morgan fingerprint density at radius 1 is 0.906 bits per heavy atom. The van der Waals surface area contributed by atoms with Gasteiger partial charge in [0, 0.05) is 50.0 Å². The highest BCUT2D eigenvalue weighted by Gasteiger charge is 2.43. The number of amides is 2. The smallest absolute Gasteiger partial charge is 0.278 e. The molecule has 166 valence electrons. The lowest BCUT2D eigenvalue weighted by Crippen LogP contribution is -2.48. The number of carbonyl (C=O) groups excluding carboxylic acids is 2. The first-order valence-corrected chi connectivity index (χ1v) is 10.7. The highest BCUT2D eigenvalue weighted by Crippen LogP contribution is 2.34. The number of benzene rings is 2. The summed E-state index contributed by atoms with van der Waals surface area (Å²) < 4.78 is 0. The Labute approximate surface area is 186 Å². The van der Waals surface area contributed by atoms with Gasteiger partial charge in [0.2, 0.25) is 0 Å². The molecule has 0 bridgehead atoms. The second-order valence-corrected chi connectivity index (χ2v) is 8.41. The third kappa shape index (κ3) is 3.84. The molecule has 2 aromatic rings. The fourth-order valence-corrected chi connectivity index (χ4v) is 4.32. The summed E-state index contributed by atoms with van der Waals surface area (Å²) >= 11 is 0. The second-order valence-electron chi connectivity index (χ2n) is 8.41. The minimum atomic E-state index is -0.481. The molecule has 0 N–H and O–H groups in total. The largest absolute Gasteiger partial charge is 0.368 e. The van der Waals surface area contributed by atoms with E-state index >= 15 is 0 Å². The molecule has 0 spiro atoms. The van der Waals surface area contributed by atoms with Crippen molar-refractivity contribution in [3.8, 4) is 0 Å². The van der Waals surface area contributed by atoms with Crippen LogP contribution < -0.4 is 4.90 Å². The summed E-state index contributed by atoms with van der Waals surface area (Å²) in [5.41, 5.74) is 3.52. The lowest BCUT2D eigenvalue weighted by molar-refractivity contribution is -0.384. The number of nitro groups is 1. The molecule has 0 aromatic heterocycles. The van der Waals surface area contributed by atoms with Crippen molar-refractivity contribution in [1.29, 1.82) is 0 Å². The molecule has 1 saturated heterocycles. The van der Waals surface area contributed by atoms with Gasteiger partial charge in [0.25, 0.3) is 17.5 Å². The summed E-state index contributed by atoms with van der Waals surface area (Å²) in [4.78, 5) is 42.6. The summed E-state index contributed by atoms with van der Waals surface area (Å²) in [6.45, 7) is 8.33. The van der Waals surface area contributed by atoms with E-state index in [2.05, 4.69) is 30.0 Å². The van der Waals surface area contributed by atoms with E-state index in [4.69, 9.17) is 0 Å². The van der Waals surface area contributed by atoms with E-state index in [0.29, 0.717) is 29.9 Å². The van der Waals surface area contributed by atoms with Crippen LogP contribution in [0.3, 0.4) is 0 Å². The zero-order valence-electron chi connectivity index (χ0n) is 18.4. The molecule has 0 unspecified atom stereocenters. The molecule has 0 atom stereocenters. The Kier molecular flexibility index (Phi) is 5.69. The van der Waals surface area contributed by atoms with Gasteiger partial charge in [-0.2, -0.15) is 0 Å². The van der Waals surface area contributed by atoms with Crippen molar-refractivity contribution in [3.63, 3.8) is 0 Å². The molecule has 2 aliphatic heterocycles. The van der Waals surface area contributed by atoms with Gasteiger partial charge in [0.05, 0.1) is 10.5 Å². The van der Waals surface area contributed by atoms with Crippen LogP contribution in [0.15, 0.2) is 54.2 Å². The molecular formula is C24H26N4O4. The van der Waals surface area contributed by atoms with Crippen LogP contribution in [-0.2, 0) is 9.59 Å². The van der Waals surface area contributed by atoms with Crippen molar-refractivity contribution in [2.75, 3.05) is 31.1 Å². The molecule has 2 amide bonds. The first-order valence-electron chi connectivity index (χ1n) is 10.7. The predicted molar refractivity (Wildman–Crippen MR) is 122 cm³/mol. The number of carbonyl (C=O) groups is 2. The fourth-order valence-electron chi connectivity index (χ4n) is 4.32. The number of piperazine rings is 1. The van der Waals surface area contributed by atoms with Gasteiger partial charge in [0.1, 0.15) is 5.70 Å². The van der Waals surface area contributed by atoms with Crippen LogP contribution in [0, 0.1) is 17.0 Å². The number of rotatable bonds is 5. The van der Waals surface area contributed by atoms with Crippen LogP contribution in [0.4, 0.5) is 11.4 Å². The van der Waals surface area contributed by atoms with Crippen molar-refractivity contribution in [2.45, 2.75) is 26.8 Å². The van der Waals surface area contributed by atoms with E-state index in [9.17, 15) is 19.7 Å². The summed E-state index contributed by atoms with van der Waals surface area (Å²) in [6.07, 6.45) is 0. The molecule has 1 fully saturated rings. The van der Waals surface area contributed by atoms with E-state index in [-0.39, 0.29) is 23.5 Å². The molecule has 2 aliphatic rings. The number of imide groups is 1. The standard InChI is InChI=1S/C24H26N4O4/c1-16(2)27-23(29)21(18-7-9-19(10-8-18)28(31)32)22(24(27)30)26-13-11-25(12-14-26)20-6-4-5-17(3)15-20/h4-10,15-16H,11-14H2,1-3H3. The molecule has 0 radical (unpaired) electrons. The van der Waals surface area contributed by atoms with Crippen LogP contribution in [0.5, 0.6) is 0 Å². The van der Waals surface area contributed by atoms with Crippen molar-refractivity contribution < 1.29 is 14.5 Å². The lowest BCUT2D eigenvalue weighted by Gasteiger charge is -2.38. The van der Waals surface area contributed by atoms with Gasteiger partial charge in [0.15, 0.2) is 0 Å². The van der Waals surface area contributed by atoms with Gasteiger partial charge >= 0.3 is 0 Å². The first kappa shape index (κ1) is 21.5. The number of anilines is 1. The Balaban J connectivity index is 1.66. The zero-order valence-corrected chi connectivity index (χ0v) is 18.4. The van der Waals surface area contributed by atoms with E-state index < -0.39 is 4.92 Å². The summed E-state index contributed by atoms with van der Waals surface area (Å²) in [7, 11) is 0. The molecule has 32 heavy (non-hydrogen) atoms. The number of hydrogen-bond donors (Lipinski definition) is 0. The monoisotopic (exact) mass is 434 g/mol. The Morgan fingerprint density at radius 2 is 1.53 bits per heavy atom. The topological polar surface area (TPSA) is 87.0 Å². The number of aryl methyl sites for hydroxylation is 1. The van der Waals surface area contributed by atoms with Crippen molar-refractivity contribution in [3.05, 3.63) is 75.5 Å². The van der Waals surface area contributed by atoms with Gasteiger partial charge in [-0.15, -0.1) is 0 Å². The second kappa shape index (κ2) is 8.45. The van der Waals surface area contributed by atoms with Crippen LogP contribution in [0.25, 0.3) is 5.57 Å². The van der Waals surface area contributed by atoms with Gasteiger partial charge in [-0.05, 0) is 56.2 Å². The zero-order chi connectivity index (χ0) is 23.0. The molecule has 4 rings (SSSR count). The maximum absolute atomic E-state index is 13.3. The van der Waals surface area contributed by atoms with E-state index in [0.717, 1.165) is 18.8 Å². The number of nitro benzene ring substituents is 1. The van der Waals surface area contributed by atoms with Gasteiger partial charge < -0.3 is 9.80 Å². The molecule has 8 nitrogen and oxygen atoms in total. The van der Waals surface area contributed by atoms with Gasteiger partial charge in [-0.1, -0.05) is 12.1 Å².